The smallest absolute Gasteiger partial charge is 0.334 e. The minimum absolute atomic E-state index is 0.199. The topological polar surface area (TPSA) is 92.4 Å². The van der Waals surface area contributed by atoms with E-state index in [1.54, 1.807) is 54.1 Å². The van der Waals surface area contributed by atoms with Gasteiger partial charge in [0.25, 0.3) is 0 Å². The van der Waals surface area contributed by atoms with E-state index in [0.717, 1.165) is 17.7 Å². The predicted molar refractivity (Wildman–Crippen MR) is 98.2 cm³/mol. The zero-order valence-corrected chi connectivity index (χ0v) is 15.3. The Morgan fingerprint density at radius 3 is 2.39 bits per heavy atom. The van der Waals surface area contributed by atoms with Crippen LogP contribution in [-0.4, -0.2) is 37.6 Å². The summed E-state index contributed by atoms with van der Waals surface area (Å²) in [6, 6.07) is 7.31. The van der Waals surface area contributed by atoms with Gasteiger partial charge < -0.3 is 18.6 Å². The summed E-state index contributed by atoms with van der Waals surface area (Å²) in [5.41, 5.74) is 1.55. The van der Waals surface area contributed by atoms with E-state index in [4.69, 9.17) is 9.47 Å². The normalized spacial score (nSPS) is 15.9. The van der Waals surface area contributed by atoms with Gasteiger partial charge in [0, 0.05) is 49.5 Å². The highest BCUT2D eigenvalue weighted by Gasteiger charge is 2.49. The first-order valence-electron chi connectivity index (χ1n) is 8.58. The quantitative estimate of drug-likeness (QED) is 0.506. The molecule has 1 aliphatic heterocycles. The number of carbonyl (C=O) groups is 3. The molecule has 0 spiro atoms. The Labute approximate surface area is 160 Å². The Kier molecular flexibility index (Phi) is 4.11. The maximum Gasteiger partial charge on any atom is 0.334 e. The Hall–Kier alpha value is -3.68. The molecular formula is C20H17N3O5. The number of carbonyl (C=O) groups excluding carboxylic acids is 3. The zero-order chi connectivity index (χ0) is 19.9. The molecule has 0 aliphatic carbocycles. The molecule has 3 heterocycles. The molecule has 0 saturated heterocycles. The lowest BCUT2D eigenvalue weighted by molar-refractivity contribution is -0.201. The first-order valence-corrected chi connectivity index (χ1v) is 8.58. The Balaban J connectivity index is 1.85. The second-order valence-electron chi connectivity index (χ2n) is 6.64. The lowest BCUT2D eigenvalue weighted by atomic mass is 9.98. The van der Waals surface area contributed by atoms with Crippen molar-refractivity contribution in [1.29, 1.82) is 0 Å². The van der Waals surface area contributed by atoms with Crippen molar-refractivity contribution in [3.05, 3.63) is 66.4 Å². The fraction of sp³-hybridized carbons (Fsp3) is 0.200. The van der Waals surface area contributed by atoms with Gasteiger partial charge in [-0.2, -0.15) is 0 Å². The molecule has 142 valence electrons. The molecule has 8 heteroatoms. The maximum atomic E-state index is 13.6. The van der Waals surface area contributed by atoms with Crippen LogP contribution < -0.4 is 0 Å². The number of imidazole rings is 1. The second kappa shape index (κ2) is 6.49. The SMILES string of the molecule is Cn1cnc(CC2(C(=O)c3cn(C)c4ccccc34)OC(=O)C=CC(=O)O2)c1. The van der Waals surface area contributed by atoms with Gasteiger partial charge in [0.05, 0.1) is 24.0 Å². The number of benzene rings is 1. The van der Waals surface area contributed by atoms with Crippen molar-refractivity contribution in [2.45, 2.75) is 12.2 Å². The molecule has 0 atom stereocenters. The van der Waals surface area contributed by atoms with Crippen molar-refractivity contribution in [3.63, 3.8) is 0 Å². The van der Waals surface area contributed by atoms with Gasteiger partial charge in [-0.05, 0) is 6.07 Å². The summed E-state index contributed by atoms with van der Waals surface area (Å²) in [5.74, 6) is -4.44. The molecule has 1 aromatic carbocycles. The number of ketones is 1. The number of cyclic esters (lactones) is 2. The third kappa shape index (κ3) is 2.98. The third-order valence-corrected chi connectivity index (χ3v) is 4.55. The number of esters is 2. The summed E-state index contributed by atoms with van der Waals surface area (Å²) < 4.78 is 14.2. The van der Waals surface area contributed by atoms with Crippen LogP contribution in [0.3, 0.4) is 0 Å². The van der Waals surface area contributed by atoms with Gasteiger partial charge in [-0.15, -0.1) is 0 Å². The van der Waals surface area contributed by atoms with E-state index in [0.29, 0.717) is 11.1 Å². The van der Waals surface area contributed by atoms with Crippen molar-refractivity contribution in [2.24, 2.45) is 14.1 Å². The van der Waals surface area contributed by atoms with Crippen LogP contribution in [0.5, 0.6) is 0 Å². The van der Waals surface area contributed by atoms with Crippen molar-refractivity contribution in [2.75, 3.05) is 0 Å². The molecule has 0 saturated carbocycles. The van der Waals surface area contributed by atoms with Gasteiger partial charge in [0.15, 0.2) is 0 Å². The van der Waals surface area contributed by atoms with Crippen molar-refractivity contribution >= 4 is 28.6 Å². The van der Waals surface area contributed by atoms with Crippen molar-refractivity contribution < 1.29 is 23.9 Å². The monoisotopic (exact) mass is 379 g/mol. The van der Waals surface area contributed by atoms with E-state index in [1.165, 1.54) is 0 Å². The number of aryl methyl sites for hydroxylation is 2. The van der Waals surface area contributed by atoms with Crippen LogP contribution in [0.25, 0.3) is 10.9 Å². The molecule has 0 N–H and O–H groups in total. The molecule has 1 aliphatic rings. The number of hydrogen-bond acceptors (Lipinski definition) is 6. The van der Waals surface area contributed by atoms with Gasteiger partial charge in [-0.25, -0.2) is 14.6 Å². The van der Waals surface area contributed by atoms with Crippen LogP contribution in [0.1, 0.15) is 16.1 Å². The average molecular weight is 379 g/mol. The van der Waals surface area contributed by atoms with E-state index in [2.05, 4.69) is 4.98 Å². The zero-order valence-electron chi connectivity index (χ0n) is 15.3. The van der Waals surface area contributed by atoms with Gasteiger partial charge in [0.1, 0.15) is 0 Å². The number of aromatic nitrogens is 3. The molecule has 2 aromatic heterocycles. The van der Waals surface area contributed by atoms with Crippen LogP contribution in [0.4, 0.5) is 0 Å². The molecule has 8 nitrogen and oxygen atoms in total. The molecule has 0 unspecified atom stereocenters. The van der Waals surface area contributed by atoms with Gasteiger partial charge >= 0.3 is 17.7 Å². The van der Waals surface area contributed by atoms with E-state index >= 15 is 0 Å². The maximum absolute atomic E-state index is 13.6. The lowest BCUT2D eigenvalue weighted by Gasteiger charge is -2.28. The van der Waals surface area contributed by atoms with E-state index < -0.39 is 23.5 Å². The molecule has 0 bridgehead atoms. The Bertz CT molecular complexity index is 1120. The third-order valence-electron chi connectivity index (χ3n) is 4.55. The first kappa shape index (κ1) is 17.7. The molecular weight excluding hydrogens is 362 g/mol. The molecule has 0 fully saturated rings. The molecule has 3 aromatic rings. The number of rotatable bonds is 4. The van der Waals surface area contributed by atoms with Crippen molar-refractivity contribution in [3.8, 4) is 0 Å². The van der Waals surface area contributed by atoms with E-state index in [9.17, 15) is 14.4 Å². The Morgan fingerprint density at radius 2 is 1.75 bits per heavy atom. The molecule has 28 heavy (non-hydrogen) atoms. The highest BCUT2D eigenvalue weighted by atomic mass is 16.7. The molecule has 0 radical (unpaired) electrons. The number of Topliss-reactive ketones (excluding diaryl/α,β-unsaturated/α-hetero) is 1. The standard InChI is InChI=1S/C20H17N3O5/c1-22-10-13(21-12-22)9-20(27-17(24)7-8-18(25)28-20)19(26)15-11-23(2)16-6-4-3-5-14(15)16/h3-8,10-12H,9H2,1-2H3. The van der Waals surface area contributed by atoms with Gasteiger partial charge in [-0.1, -0.05) is 18.2 Å². The number of ether oxygens (including phenoxy) is 2. The molecule has 0 amide bonds. The highest BCUT2D eigenvalue weighted by molar-refractivity contribution is 6.13. The first-order chi connectivity index (χ1) is 13.4. The van der Waals surface area contributed by atoms with Crippen LogP contribution in [-0.2, 0) is 39.6 Å². The Morgan fingerprint density at radius 1 is 1.07 bits per heavy atom. The summed E-state index contributed by atoms with van der Waals surface area (Å²) in [7, 11) is 3.57. The summed E-state index contributed by atoms with van der Waals surface area (Å²) in [6.07, 6.45) is 6.53. The number of fused-ring (bicyclic) bond motifs is 1. The number of hydrogen-bond donors (Lipinski definition) is 0. The number of para-hydroxylation sites is 1. The summed E-state index contributed by atoms with van der Waals surface area (Å²) in [4.78, 5) is 42.0. The summed E-state index contributed by atoms with van der Waals surface area (Å²) >= 11 is 0. The van der Waals surface area contributed by atoms with E-state index in [-0.39, 0.29) is 12.0 Å². The largest absolute Gasteiger partial charge is 0.411 e. The fourth-order valence-corrected chi connectivity index (χ4v) is 3.32. The van der Waals surface area contributed by atoms with Crippen LogP contribution in [0.15, 0.2) is 55.1 Å². The van der Waals surface area contributed by atoms with Gasteiger partial charge in [-0.3, -0.25) is 4.79 Å². The highest BCUT2D eigenvalue weighted by Crippen LogP contribution is 2.31. The van der Waals surface area contributed by atoms with Crippen molar-refractivity contribution in [1.82, 2.24) is 14.1 Å². The fourth-order valence-electron chi connectivity index (χ4n) is 3.32. The van der Waals surface area contributed by atoms with Crippen LogP contribution in [0, 0.1) is 0 Å². The lowest BCUT2D eigenvalue weighted by Crippen LogP contribution is -2.48. The van der Waals surface area contributed by atoms with Crippen LogP contribution in [0.2, 0.25) is 0 Å². The number of nitrogens with zero attached hydrogens (tertiary/aromatic N) is 3. The second-order valence-corrected chi connectivity index (χ2v) is 6.64. The average Bonchev–Trinajstić information content (AvgIpc) is 3.18. The summed E-state index contributed by atoms with van der Waals surface area (Å²) in [5, 5.41) is 0.666. The molecule has 4 rings (SSSR count). The van der Waals surface area contributed by atoms with Crippen LogP contribution >= 0.6 is 0 Å². The van der Waals surface area contributed by atoms with E-state index in [1.807, 2.05) is 12.1 Å². The summed E-state index contributed by atoms with van der Waals surface area (Å²) in [6.45, 7) is 0. The minimum Gasteiger partial charge on any atom is -0.411 e. The minimum atomic E-state index is -2.14. The van der Waals surface area contributed by atoms with Gasteiger partial charge in [0.2, 0.25) is 5.78 Å². The predicted octanol–water partition coefficient (Wildman–Crippen LogP) is 1.69.